The zero-order valence-electron chi connectivity index (χ0n) is 10.4. The fourth-order valence-electron chi connectivity index (χ4n) is 1.61. The molecule has 0 fully saturated rings. The summed E-state index contributed by atoms with van der Waals surface area (Å²) in [5.41, 5.74) is 1.22. The number of hydrogen-bond donors (Lipinski definition) is 2. The van der Waals surface area contributed by atoms with Crippen molar-refractivity contribution >= 4 is 47.6 Å². The highest BCUT2D eigenvalue weighted by molar-refractivity contribution is 9.11. The smallest absolute Gasteiger partial charge is 0.263 e. The van der Waals surface area contributed by atoms with Gasteiger partial charge in [-0.3, -0.25) is 4.72 Å². The molecule has 106 valence electrons. The number of aromatic hydroxyl groups is 1. The summed E-state index contributed by atoms with van der Waals surface area (Å²) < 4.78 is 28.3. The molecular formula is C13H11Br2NO3S. The van der Waals surface area contributed by atoms with Gasteiger partial charge in [-0.25, -0.2) is 8.42 Å². The van der Waals surface area contributed by atoms with Gasteiger partial charge < -0.3 is 5.11 Å². The molecule has 7 heteroatoms. The van der Waals surface area contributed by atoms with Gasteiger partial charge in [0, 0.05) is 15.0 Å². The summed E-state index contributed by atoms with van der Waals surface area (Å²) in [5, 5.41) is 9.36. The number of sulfonamides is 1. The molecule has 0 bridgehead atoms. The number of phenolic OH excluding ortho intramolecular Hbond substituents is 1. The molecule has 20 heavy (non-hydrogen) atoms. The first-order valence-corrected chi connectivity index (χ1v) is 8.64. The van der Waals surface area contributed by atoms with E-state index in [4.69, 9.17) is 0 Å². The number of halogens is 2. The Bertz CT molecular complexity index is 760. The first-order chi connectivity index (χ1) is 9.29. The molecule has 0 aliphatic heterocycles. The SMILES string of the molecule is Cc1cc(Br)c(S(=O)(=O)Nc2cccc(O)c2)cc1Br. The predicted octanol–water partition coefficient (Wildman–Crippen LogP) is 4.03. The summed E-state index contributed by atoms with van der Waals surface area (Å²) in [4.78, 5) is 0.123. The fraction of sp³-hybridized carbons (Fsp3) is 0.0769. The van der Waals surface area contributed by atoms with Crippen molar-refractivity contribution in [2.24, 2.45) is 0 Å². The Morgan fingerprint density at radius 3 is 2.45 bits per heavy atom. The molecule has 2 aromatic carbocycles. The van der Waals surface area contributed by atoms with Crippen molar-refractivity contribution in [3.05, 3.63) is 50.9 Å². The van der Waals surface area contributed by atoms with Crippen LogP contribution in [0, 0.1) is 6.92 Å². The third-order valence-corrected chi connectivity index (χ3v) is 5.80. The van der Waals surface area contributed by atoms with Crippen LogP contribution in [0.3, 0.4) is 0 Å². The molecule has 0 saturated carbocycles. The maximum Gasteiger partial charge on any atom is 0.263 e. The van der Waals surface area contributed by atoms with Gasteiger partial charge in [-0.1, -0.05) is 22.0 Å². The Labute approximate surface area is 134 Å². The summed E-state index contributed by atoms with van der Waals surface area (Å²) in [7, 11) is -3.74. The van der Waals surface area contributed by atoms with E-state index in [1.165, 1.54) is 18.2 Å². The quantitative estimate of drug-likeness (QED) is 0.787. The number of hydrogen-bond acceptors (Lipinski definition) is 3. The molecule has 0 saturated heterocycles. The summed E-state index contributed by atoms with van der Waals surface area (Å²) in [5.74, 6) is -0.00523. The lowest BCUT2D eigenvalue weighted by Crippen LogP contribution is -2.13. The first-order valence-electron chi connectivity index (χ1n) is 5.57. The van der Waals surface area contributed by atoms with Crippen molar-refractivity contribution in [1.29, 1.82) is 0 Å². The Kier molecular flexibility index (Phi) is 4.41. The molecular weight excluding hydrogens is 410 g/mol. The molecule has 2 rings (SSSR count). The first kappa shape index (κ1) is 15.3. The van der Waals surface area contributed by atoms with Gasteiger partial charge in [0.15, 0.2) is 0 Å². The number of nitrogens with one attached hydrogen (secondary N) is 1. The Balaban J connectivity index is 2.43. The lowest BCUT2D eigenvalue weighted by atomic mass is 10.2. The molecule has 2 N–H and O–H groups in total. The van der Waals surface area contributed by atoms with E-state index < -0.39 is 10.0 Å². The Morgan fingerprint density at radius 1 is 1.10 bits per heavy atom. The standard InChI is InChI=1S/C13H11Br2NO3S/c1-8-5-12(15)13(7-11(8)14)20(18,19)16-9-3-2-4-10(17)6-9/h2-7,16-17H,1H3. The van der Waals surface area contributed by atoms with Crippen LogP contribution in [0.1, 0.15) is 5.56 Å². The lowest BCUT2D eigenvalue weighted by molar-refractivity contribution is 0.475. The number of aryl methyl sites for hydroxylation is 1. The van der Waals surface area contributed by atoms with Gasteiger partial charge in [-0.2, -0.15) is 0 Å². The predicted molar refractivity (Wildman–Crippen MR) is 85.5 cm³/mol. The minimum Gasteiger partial charge on any atom is -0.508 e. The third kappa shape index (κ3) is 3.34. The zero-order valence-corrected chi connectivity index (χ0v) is 14.4. The number of benzene rings is 2. The number of rotatable bonds is 3. The molecule has 4 nitrogen and oxygen atoms in total. The second-order valence-corrected chi connectivity index (χ2v) is 7.55. The van der Waals surface area contributed by atoms with Crippen molar-refractivity contribution in [2.75, 3.05) is 4.72 Å². The average molecular weight is 421 g/mol. The Morgan fingerprint density at radius 2 is 1.80 bits per heavy atom. The molecule has 0 spiro atoms. The van der Waals surface area contributed by atoms with Gasteiger partial charge in [0.1, 0.15) is 10.6 Å². The van der Waals surface area contributed by atoms with E-state index in [1.807, 2.05) is 6.92 Å². The van der Waals surface area contributed by atoms with Crippen LogP contribution in [0.25, 0.3) is 0 Å². The number of anilines is 1. The van der Waals surface area contributed by atoms with Crippen molar-refractivity contribution in [2.45, 2.75) is 11.8 Å². The highest BCUT2D eigenvalue weighted by atomic mass is 79.9. The average Bonchev–Trinajstić information content (AvgIpc) is 2.33. The van der Waals surface area contributed by atoms with Gasteiger partial charge in [0.25, 0.3) is 10.0 Å². The van der Waals surface area contributed by atoms with Gasteiger partial charge >= 0.3 is 0 Å². The summed E-state index contributed by atoms with van der Waals surface area (Å²) >= 11 is 6.57. The van der Waals surface area contributed by atoms with E-state index >= 15 is 0 Å². The van der Waals surface area contributed by atoms with E-state index in [-0.39, 0.29) is 10.6 Å². The van der Waals surface area contributed by atoms with Crippen LogP contribution in [-0.4, -0.2) is 13.5 Å². The van der Waals surface area contributed by atoms with Crippen LogP contribution in [0.15, 0.2) is 50.2 Å². The summed E-state index contributed by atoms with van der Waals surface area (Å²) in [6, 6.07) is 9.19. The largest absolute Gasteiger partial charge is 0.508 e. The van der Waals surface area contributed by atoms with Crippen LogP contribution in [-0.2, 0) is 10.0 Å². The summed E-state index contributed by atoms with van der Waals surface area (Å²) in [6.45, 7) is 1.87. The molecule has 0 aliphatic carbocycles. The van der Waals surface area contributed by atoms with Gasteiger partial charge in [0.2, 0.25) is 0 Å². The van der Waals surface area contributed by atoms with E-state index in [2.05, 4.69) is 36.6 Å². The van der Waals surface area contributed by atoms with E-state index in [0.29, 0.717) is 14.6 Å². The lowest BCUT2D eigenvalue weighted by Gasteiger charge is -2.11. The molecule has 0 radical (unpaired) electrons. The molecule has 0 aromatic heterocycles. The maximum absolute atomic E-state index is 12.4. The van der Waals surface area contributed by atoms with E-state index in [1.54, 1.807) is 18.2 Å². The fourth-order valence-corrected chi connectivity index (χ4v) is 4.34. The second kappa shape index (κ2) is 5.75. The van der Waals surface area contributed by atoms with E-state index in [0.717, 1.165) is 5.56 Å². The molecule has 0 atom stereocenters. The Hall–Kier alpha value is -1.05. The zero-order chi connectivity index (χ0) is 14.9. The van der Waals surface area contributed by atoms with E-state index in [9.17, 15) is 13.5 Å². The maximum atomic E-state index is 12.4. The van der Waals surface area contributed by atoms with Crippen LogP contribution in [0.2, 0.25) is 0 Å². The topological polar surface area (TPSA) is 66.4 Å². The molecule has 0 amide bonds. The van der Waals surface area contributed by atoms with Crippen LogP contribution < -0.4 is 4.72 Å². The van der Waals surface area contributed by atoms with Crippen molar-refractivity contribution in [1.82, 2.24) is 0 Å². The van der Waals surface area contributed by atoms with Crippen LogP contribution in [0.4, 0.5) is 5.69 Å². The van der Waals surface area contributed by atoms with Crippen molar-refractivity contribution in [3.8, 4) is 5.75 Å². The number of phenols is 1. The van der Waals surface area contributed by atoms with Gasteiger partial charge in [-0.05, 0) is 52.7 Å². The molecule has 2 aromatic rings. The molecule has 0 heterocycles. The van der Waals surface area contributed by atoms with Crippen molar-refractivity contribution < 1.29 is 13.5 Å². The van der Waals surface area contributed by atoms with Crippen LogP contribution >= 0.6 is 31.9 Å². The minimum absolute atomic E-state index is 0.00523. The minimum atomic E-state index is -3.74. The summed E-state index contributed by atoms with van der Waals surface area (Å²) in [6.07, 6.45) is 0. The second-order valence-electron chi connectivity index (χ2n) is 4.19. The van der Waals surface area contributed by atoms with Crippen LogP contribution in [0.5, 0.6) is 5.75 Å². The van der Waals surface area contributed by atoms with Gasteiger partial charge in [-0.15, -0.1) is 0 Å². The van der Waals surface area contributed by atoms with Crippen molar-refractivity contribution in [3.63, 3.8) is 0 Å². The highest BCUT2D eigenvalue weighted by Crippen LogP contribution is 2.30. The molecule has 0 unspecified atom stereocenters. The highest BCUT2D eigenvalue weighted by Gasteiger charge is 2.19. The third-order valence-electron chi connectivity index (χ3n) is 2.60. The molecule has 0 aliphatic rings. The van der Waals surface area contributed by atoms with Gasteiger partial charge in [0.05, 0.1) is 5.69 Å². The normalized spacial score (nSPS) is 11.3. The monoisotopic (exact) mass is 419 g/mol.